The summed E-state index contributed by atoms with van der Waals surface area (Å²) in [7, 11) is -3.54. The number of rotatable bonds is 6. The minimum atomic E-state index is -3.54. The zero-order chi connectivity index (χ0) is 21.8. The number of carbonyl (C=O) groups excluding carboxylic acids is 1. The molecule has 7 nitrogen and oxygen atoms in total. The largest absolute Gasteiger partial charge is 0.339 e. The van der Waals surface area contributed by atoms with Gasteiger partial charge in [0.05, 0.1) is 4.90 Å². The van der Waals surface area contributed by atoms with Crippen LogP contribution in [0.5, 0.6) is 0 Å². The number of nitrogens with zero attached hydrogens (tertiary/aromatic N) is 3. The fourth-order valence-corrected chi connectivity index (χ4v) is 5.53. The average molecular weight is 457 g/mol. The Kier molecular flexibility index (Phi) is 6.45. The number of carbonyl (C=O) groups is 1. The van der Waals surface area contributed by atoms with Crippen LogP contribution in [0.2, 0.25) is 0 Å². The van der Waals surface area contributed by atoms with Crippen LogP contribution in [0.3, 0.4) is 0 Å². The lowest BCUT2D eigenvalue weighted by atomic mass is 10.0. The molecule has 0 radical (unpaired) electrons. The molecule has 0 bridgehead atoms. The Morgan fingerprint density at radius 2 is 1.74 bits per heavy atom. The maximum atomic E-state index is 12.9. The van der Waals surface area contributed by atoms with Crippen molar-refractivity contribution in [2.45, 2.75) is 28.9 Å². The highest BCUT2D eigenvalue weighted by atomic mass is 32.2. The number of piperidine rings is 1. The Balaban J connectivity index is 1.36. The van der Waals surface area contributed by atoms with Gasteiger partial charge < -0.3 is 4.90 Å². The van der Waals surface area contributed by atoms with Gasteiger partial charge in [0.15, 0.2) is 5.16 Å². The fourth-order valence-electron chi connectivity index (χ4n) is 3.67. The first-order chi connectivity index (χ1) is 15.0. The summed E-state index contributed by atoms with van der Waals surface area (Å²) in [5.74, 6) is -0.0355. The average Bonchev–Trinajstić information content (AvgIpc) is 3.28. The molecule has 9 heteroatoms. The molecule has 1 N–H and O–H groups in total. The van der Waals surface area contributed by atoms with Crippen molar-refractivity contribution in [2.75, 3.05) is 19.3 Å². The maximum Gasteiger partial charge on any atom is 0.253 e. The quantitative estimate of drug-likeness (QED) is 0.576. The number of imidazole rings is 1. The highest BCUT2D eigenvalue weighted by Gasteiger charge is 2.27. The van der Waals surface area contributed by atoms with Gasteiger partial charge >= 0.3 is 0 Å². The number of likely N-dealkylation sites (tertiary alicyclic amines) is 1. The van der Waals surface area contributed by atoms with Crippen LogP contribution in [-0.4, -0.2) is 54.2 Å². The van der Waals surface area contributed by atoms with Crippen LogP contribution in [0.25, 0.3) is 5.69 Å². The second-order valence-corrected chi connectivity index (χ2v) is 9.82. The molecule has 162 valence electrons. The summed E-state index contributed by atoms with van der Waals surface area (Å²) in [6.45, 7) is 1.03. The van der Waals surface area contributed by atoms with Crippen LogP contribution in [-0.2, 0) is 10.0 Å². The molecule has 1 aliphatic heterocycles. The molecule has 0 atom stereocenters. The zero-order valence-electron chi connectivity index (χ0n) is 17.1. The van der Waals surface area contributed by atoms with Gasteiger partial charge in [-0.25, -0.2) is 18.1 Å². The van der Waals surface area contributed by atoms with Gasteiger partial charge in [-0.05, 0) is 55.5 Å². The van der Waals surface area contributed by atoms with Crippen molar-refractivity contribution in [2.24, 2.45) is 0 Å². The number of nitrogens with one attached hydrogen (secondary N) is 1. The standard InChI is InChI=1S/C22H24N4O3S2/c1-30-22-23-13-16-26(22)19-9-7-17(8-10-19)21(27)25-14-11-18(12-15-25)24-31(28,29)20-5-3-2-4-6-20/h2-10,13,16,18,24H,11-12,14-15H2,1H3. The predicted octanol–water partition coefficient (Wildman–Crippen LogP) is 3.18. The molecular weight excluding hydrogens is 432 g/mol. The highest BCUT2D eigenvalue weighted by molar-refractivity contribution is 7.98. The van der Waals surface area contributed by atoms with Crippen molar-refractivity contribution in [1.29, 1.82) is 0 Å². The van der Waals surface area contributed by atoms with Gasteiger partial charge in [-0.3, -0.25) is 9.36 Å². The van der Waals surface area contributed by atoms with E-state index in [1.54, 1.807) is 53.2 Å². The smallest absolute Gasteiger partial charge is 0.253 e. The van der Waals surface area contributed by atoms with E-state index in [-0.39, 0.29) is 16.8 Å². The normalized spacial score (nSPS) is 15.2. The van der Waals surface area contributed by atoms with E-state index in [0.29, 0.717) is 31.5 Å². The van der Waals surface area contributed by atoms with E-state index >= 15 is 0 Å². The van der Waals surface area contributed by atoms with Gasteiger partial charge in [0.2, 0.25) is 10.0 Å². The van der Waals surface area contributed by atoms with Gasteiger partial charge in [0.25, 0.3) is 5.91 Å². The lowest BCUT2D eigenvalue weighted by molar-refractivity contribution is 0.0711. The molecule has 1 fully saturated rings. The van der Waals surface area contributed by atoms with E-state index in [2.05, 4.69) is 9.71 Å². The molecule has 0 aliphatic carbocycles. The third-order valence-electron chi connectivity index (χ3n) is 5.34. The first-order valence-corrected chi connectivity index (χ1v) is 12.7. The first-order valence-electron chi connectivity index (χ1n) is 10.0. The van der Waals surface area contributed by atoms with Gasteiger partial charge in [0.1, 0.15) is 0 Å². The monoisotopic (exact) mass is 456 g/mol. The topological polar surface area (TPSA) is 84.3 Å². The van der Waals surface area contributed by atoms with Crippen molar-refractivity contribution in [3.8, 4) is 5.69 Å². The predicted molar refractivity (Wildman–Crippen MR) is 121 cm³/mol. The van der Waals surface area contributed by atoms with E-state index in [1.807, 2.05) is 41.3 Å². The highest BCUT2D eigenvalue weighted by Crippen LogP contribution is 2.20. The Hall–Kier alpha value is -2.62. The Bertz CT molecular complexity index is 1140. The van der Waals surface area contributed by atoms with Crippen molar-refractivity contribution in [1.82, 2.24) is 19.2 Å². The van der Waals surface area contributed by atoms with Gasteiger partial charge in [-0.1, -0.05) is 30.0 Å². The van der Waals surface area contributed by atoms with E-state index in [4.69, 9.17) is 0 Å². The Labute approximate surface area is 186 Å². The third-order valence-corrected chi connectivity index (χ3v) is 7.54. The minimum absolute atomic E-state index is 0.0355. The molecule has 0 unspecified atom stereocenters. The molecule has 1 aliphatic rings. The van der Waals surface area contributed by atoms with E-state index < -0.39 is 10.0 Å². The van der Waals surface area contributed by atoms with Crippen molar-refractivity contribution >= 4 is 27.7 Å². The van der Waals surface area contributed by atoms with Crippen molar-refractivity contribution in [3.63, 3.8) is 0 Å². The molecule has 2 aromatic carbocycles. The molecule has 1 amide bonds. The molecule has 31 heavy (non-hydrogen) atoms. The first kappa shape index (κ1) is 21.6. The zero-order valence-corrected chi connectivity index (χ0v) is 18.8. The molecule has 2 heterocycles. The van der Waals surface area contributed by atoms with Crippen LogP contribution >= 0.6 is 11.8 Å². The minimum Gasteiger partial charge on any atom is -0.339 e. The lowest BCUT2D eigenvalue weighted by Gasteiger charge is -2.32. The Morgan fingerprint density at radius 1 is 1.06 bits per heavy atom. The van der Waals surface area contributed by atoms with E-state index in [0.717, 1.165) is 10.8 Å². The molecule has 0 saturated carbocycles. The van der Waals surface area contributed by atoms with Gasteiger partial charge in [0, 0.05) is 42.8 Å². The van der Waals surface area contributed by atoms with Gasteiger partial charge in [-0.2, -0.15) is 0 Å². The molecular formula is C22H24N4O3S2. The summed E-state index contributed by atoms with van der Waals surface area (Å²) < 4.78 is 29.8. The fraction of sp³-hybridized carbons (Fsp3) is 0.273. The van der Waals surface area contributed by atoms with Crippen LogP contribution < -0.4 is 4.72 Å². The Morgan fingerprint density at radius 3 is 2.39 bits per heavy atom. The van der Waals surface area contributed by atoms with E-state index in [9.17, 15) is 13.2 Å². The molecule has 1 saturated heterocycles. The number of aromatic nitrogens is 2. The molecule has 4 rings (SSSR count). The summed E-state index contributed by atoms with van der Waals surface area (Å²) >= 11 is 1.56. The molecule has 1 aromatic heterocycles. The number of hydrogen-bond acceptors (Lipinski definition) is 5. The SMILES string of the molecule is CSc1nccn1-c1ccc(C(=O)N2CCC(NS(=O)(=O)c3ccccc3)CC2)cc1. The van der Waals surface area contributed by atoms with Crippen molar-refractivity contribution < 1.29 is 13.2 Å². The van der Waals surface area contributed by atoms with Crippen LogP contribution in [0.1, 0.15) is 23.2 Å². The second-order valence-electron chi connectivity index (χ2n) is 7.33. The van der Waals surface area contributed by atoms with Crippen LogP contribution in [0.15, 0.2) is 77.0 Å². The second kappa shape index (κ2) is 9.25. The summed E-state index contributed by atoms with van der Waals surface area (Å²) in [6.07, 6.45) is 6.79. The molecule has 3 aromatic rings. The summed E-state index contributed by atoms with van der Waals surface area (Å²) in [5, 5.41) is 0.888. The van der Waals surface area contributed by atoms with Crippen LogP contribution in [0.4, 0.5) is 0 Å². The van der Waals surface area contributed by atoms with Crippen molar-refractivity contribution in [3.05, 3.63) is 72.6 Å². The number of amides is 1. The van der Waals surface area contributed by atoms with Gasteiger partial charge in [-0.15, -0.1) is 0 Å². The number of sulfonamides is 1. The number of thioether (sulfide) groups is 1. The summed E-state index contributed by atoms with van der Waals surface area (Å²) in [4.78, 5) is 19.2. The van der Waals surface area contributed by atoms with Crippen LogP contribution in [0, 0.1) is 0 Å². The van der Waals surface area contributed by atoms with E-state index in [1.165, 1.54) is 0 Å². The third kappa shape index (κ3) is 4.84. The summed E-state index contributed by atoms with van der Waals surface area (Å²) in [5.41, 5.74) is 1.57. The maximum absolute atomic E-state index is 12.9. The summed E-state index contributed by atoms with van der Waals surface area (Å²) in [6, 6.07) is 15.6. The molecule has 0 spiro atoms. The number of benzene rings is 2. The lowest BCUT2D eigenvalue weighted by Crippen LogP contribution is -2.46. The number of hydrogen-bond donors (Lipinski definition) is 1.